The van der Waals surface area contributed by atoms with Crippen LogP contribution >= 0.6 is 0 Å². The zero-order valence-corrected chi connectivity index (χ0v) is 16.5. The Hall–Kier alpha value is -3.24. The molecule has 4 nitrogen and oxygen atoms in total. The Labute approximate surface area is 171 Å². The van der Waals surface area contributed by atoms with Gasteiger partial charge in [-0.25, -0.2) is 4.57 Å². The van der Waals surface area contributed by atoms with Crippen LogP contribution in [0.1, 0.15) is 28.6 Å². The number of hydrogen-bond donors (Lipinski definition) is 0. The zero-order valence-electron chi connectivity index (χ0n) is 16.5. The molecule has 1 aromatic heterocycles. The molecule has 4 aromatic rings. The molecule has 0 fully saturated rings. The Morgan fingerprint density at radius 1 is 0.897 bits per heavy atom. The molecule has 0 saturated heterocycles. The van der Waals surface area contributed by atoms with Gasteiger partial charge < -0.3 is 4.74 Å². The van der Waals surface area contributed by atoms with Crippen LogP contribution in [0.4, 0.5) is 0 Å². The smallest absolute Gasteiger partial charge is 0.303 e. The molecular weight excluding hydrogens is 358 g/mol. The largest absolute Gasteiger partial charge is 0.351 e. The van der Waals surface area contributed by atoms with Crippen LogP contribution in [0, 0.1) is 0 Å². The second-order valence-corrected chi connectivity index (χ2v) is 7.57. The second-order valence-electron chi connectivity index (χ2n) is 7.57. The first kappa shape index (κ1) is 17.8. The first-order chi connectivity index (χ1) is 14.3. The van der Waals surface area contributed by atoms with Crippen molar-refractivity contribution in [3.05, 3.63) is 120 Å². The number of fused-ring (bicyclic) bond motifs is 1. The third kappa shape index (κ3) is 3.06. The second kappa shape index (κ2) is 7.30. The van der Waals surface area contributed by atoms with E-state index >= 15 is 0 Å². The van der Waals surface area contributed by atoms with Gasteiger partial charge in [0.05, 0.1) is 7.05 Å². The van der Waals surface area contributed by atoms with Crippen LogP contribution in [0.25, 0.3) is 0 Å². The minimum Gasteiger partial charge on any atom is -0.351 e. The summed E-state index contributed by atoms with van der Waals surface area (Å²) in [5.74, 6) is 0.955. The lowest BCUT2D eigenvalue weighted by Crippen LogP contribution is -2.59. The third-order valence-electron chi connectivity index (χ3n) is 5.77. The average molecular weight is 382 g/mol. The predicted molar refractivity (Wildman–Crippen MR) is 111 cm³/mol. The fourth-order valence-corrected chi connectivity index (χ4v) is 4.51. The summed E-state index contributed by atoms with van der Waals surface area (Å²) in [6, 6.07) is 31.8. The van der Waals surface area contributed by atoms with E-state index in [-0.39, 0.29) is 6.04 Å². The highest BCUT2D eigenvalue weighted by atomic mass is 16.5. The quantitative estimate of drug-likeness (QED) is 0.500. The number of aromatic nitrogens is 3. The SMILES string of the molecule is Cn1c[n+]2c(n1)COC(c1ccccc1)(c1ccccc1)[C@@H]2Cc1ccccc1. The van der Waals surface area contributed by atoms with Gasteiger partial charge in [-0.3, -0.25) is 0 Å². The molecule has 0 radical (unpaired) electrons. The molecule has 3 aromatic carbocycles. The van der Waals surface area contributed by atoms with E-state index in [0.29, 0.717) is 6.61 Å². The minimum atomic E-state index is -0.598. The van der Waals surface area contributed by atoms with Gasteiger partial charge >= 0.3 is 5.82 Å². The van der Waals surface area contributed by atoms with E-state index in [1.807, 2.05) is 11.7 Å². The summed E-state index contributed by atoms with van der Waals surface area (Å²) in [6.45, 7) is 0.468. The van der Waals surface area contributed by atoms with Crippen LogP contribution in [0.5, 0.6) is 0 Å². The van der Waals surface area contributed by atoms with Gasteiger partial charge in [-0.1, -0.05) is 91.0 Å². The average Bonchev–Trinajstić information content (AvgIpc) is 3.17. The summed E-state index contributed by atoms with van der Waals surface area (Å²) in [5, 5.41) is 4.65. The van der Waals surface area contributed by atoms with Crippen molar-refractivity contribution in [3.8, 4) is 0 Å². The molecule has 144 valence electrons. The highest BCUT2D eigenvalue weighted by Crippen LogP contribution is 2.45. The summed E-state index contributed by atoms with van der Waals surface area (Å²) < 4.78 is 10.9. The summed E-state index contributed by atoms with van der Waals surface area (Å²) >= 11 is 0. The standard InChI is InChI=1S/C25H24N3O/c1-27-19-28-23(17-20-11-5-2-6-12-20)25(29-18-24(28)26-27,21-13-7-3-8-14-21)22-15-9-4-10-16-22/h2-16,19,23H,17-18H2,1H3/q+1/t23-/m0/s1. The lowest BCUT2D eigenvalue weighted by atomic mass is 9.76. The van der Waals surface area contributed by atoms with Crippen LogP contribution in [0.2, 0.25) is 0 Å². The van der Waals surface area contributed by atoms with Crippen molar-refractivity contribution in [2.45, 2.75) is 24.7 Å². The van der Waals surface area contributed by atoms with Crippen molar-refractivity contribution in [1.82, 2.24) is 9.78 Å². The summed E-state index contributed by atoms with van der Waals surface area (Å²) in [6.07, 6.45) is 2.93. The number of benzene rings is 3. The Bertz CT molecular complexity index is 1050. The topological polar surface area (TPSA) is 30.9 Å². The predicted octanol–water partition coefficient (Wildman–Crippen LogP) is 3.97. The monoisotopic (exact) mass is 382 g/mol. The number of rotatable bonds is 4. The molecule has 5 rings (SSSR count). The van der Waals surface area contributed by atoms with Gasteiger partial charge in [-0.15, -0.1) is 4.68 Å². The van der Waals surface area contributed by atoms with E-state index in [2.05, 4.69) is 107 Å². The minimum absolute atomic E-state index is 0.0344. The Morgan fingerprint density at radius 3 is 2.03 bits per heavy atom. The van der Waals surface area contributed by atoms with Crippen LogP contribution in [-0.2, 0) is 30.4 Å². The van der Waals surface area contributed by atoms with Gasteiger partial charge in [0, 0.05) is 11.5 Å². The summed E-state index contributed by atoms with van der Waals surface area (Å²) in [5.41, 5.74) is 3.00. The summed E-state index contributed by atoms with van der Waals surface area (Å²) in [4.78, 5) is 0. The van der Waals surface area contributed by atoms with Crippen LogP contribution in [-0.4, -0.2) is 9.78 Å². The van der Waals surface area contributed by atoms with Crippen LogP contribution < -0.4 is 4.57 Å². The van der Waals surface area contributed by atoms with Crippen LogP contribution in [0.3, 0.4) is 0 Å². The molecule has 0 aliphatic carbocycles. The highest BCUT2D eigenvalue weighted by Gasteiger charge is 2.51. The van der Waals surface area contributed by atoms with E-state index in [1.165, 1.54) is 5.56 Å². The van der Waals surface area contributed by atoms with Crippen LogP contribution in [0.15, 0.2) is 97.3 Å². The maximum Gasteiger partial charge on any atom is 0.303 e. The maximum absolute atomic E-state index is 6.77. The molecule has 0 spiro atoms. The van der Waals surface area contributed by atoms with Crippen molar-refractivity contribution in [2.75, 3.05) is 0 Å². The fourth-order valence-electron chi connectivity index (χ4n) is 4.51. The summed E-state index contributed by atoms with van der Waals surface area (Å²) in [7, 11) is 1.97. The lowest BCUT2D eigenvalue weighted by molar-refractivity contribution is -0.758. The van der Waals surface area contributed by atoms with Gasteiger partial charge in [0.1, 0.15) is 12.6 Å². The Balaban J connectivity index is 1.75. The zero-order chi connectivity index (χ0) is 19.7. The molecule has 0 amide bonds. The van der Waals surface area contributed by atoms with E-state index in [4.69, 9.17) is 4.74 Å². The first-order valence-electron chi connectivity index (χ1n) is 10.00. The lowest BCUT2D eigenvalue weighted by Gasteiger charge is -2.42. The van der Waals surface area contributed by atoms with E-state index < -0.39 is 5.60 Å². The Kier molecular flexibility index (Phi) is 4.49. The van der Waals surface area contributed by atoms with E-state index in [1.54, 1.807) is 0 Å². The molecule has 0 unspecified atom stereocenters. The first-order valence-corrected chi connectivity index (χ1v) is 10.00. The van der Waals surface area contributed by atoms with Gasteiger partial charge in [0.25, 0.3) is 0 Å². The van der Waals surface area contributed by atoms with Gasteiger partial charge in [0.15, 0.2) is 5.60 Å². The number of aryl methyl sites for hydroxylation is 1. The molecule has 1 aliphatic heterocycles. The normalized spacial score (nSPS) is 17.6. The van der Waals surface area contributed by atoms with Crippen molar-refractivity contribution >= 4 is 0 Å². The van der Waals surface area contributed by atoms with Crippen molar-refractivity contribution in [1.29, 1.82) is 0 Å². The molecule has 2 heterocycles. The highest BCUT2D eigenvalue weighted by molar-refractivity contribution is 5.38. The number of ether oxygens (including phenoxy) is 1. The van der Waals surface area contributed by atoms with E-state index in [0.717, 1.165) is 23.4 Å². The molecular formula is C25H24N3O+. The van der Waals surface area contributed by atoms with Gasteiger partial charge in [-0.05, 0) is 16.7 Å². The third-order valence-corrected chi connectivity index (χ3v) is 5.77. The molecule has 0 bridgehead atoms. The van der Waals surface area contributed by atoms with Crippen molar-refractivity contribution in [3.63, 3.8) is 0 Å². The molecule has 0 saturated carbocycles. The Morgan fingerprint density at radius 2 is 1.45 bits per heavy atom. The fraction of sp³-hybridized carbons (Fsp3) is 0.200. The van der Waals surface area contributed by atoms with Gasteiger partial charge in [-0.2, -0.15) is 0 Å². The molecule has 29 heavy (non-hydrogen) atoms. The molecule has 0 N–H and O–H groups in total. The number of nitrogens with zero attached hydrogens (tertiary/aromatic N) is 3. The van der Waals surface area contributed by atoms with Crippen molar-refractivity contribution < 1.29 is 9.30 Å². The molecule has 1 atom stereocenters. The van der Waals surface area contributed by atoms with Gasteiger partial charge in [0.2, 0.25) is 6.33 Å². The maximum atomic E-state index is 6.77. The molecule has 1 aliphatic rings. The number of hydrogen-bond acceptors (Lipinski definition) is 2. The van der Waals surface area contributed by atoms with E-state index in [9.17, 15) is 0 Å². The van der Waals surface area contributed by atoms with Crippen molar-refractivity contribution in [2.24, 2.45) is 7.05 Å². The molecule has 4 heteroatoms.